The fourth-order valence-electron chi connectivity index (χ4n) is 0.271. The van der Waals surface area contributed by atoms with Gasteiger partial charge in [-0.05, 0) is 14.1 Å². The Kier molecular flexibility index (Phi) is 576. The average Bonchev–Trinajstić information content (AvgIpc) is 2.40. The molecule has 0 aromatic heterocycles. The summed E-state index contributed by atoms with van der Waals surface area (Å²) < 4.78 is 0. The first-order valence-electron chi connectivity index (χ1n) is 3.63. The molecule has 21 heavy (non-hydrogen) atoms. The molecule has 0 fully saturated rings. The van der Waals surface area contributed by atoms with Gasteiger partial charge in [-0.25, -0.2) is 0 Å². The number of likely N-dealkylation sites (N-methyl/N-ethyl adjacent to an activating group) is 1. The van der Waals surface area contributed by atoms with Crippen molar-refractivity contribution in [1.29, 1.82) is 5.26 Å². The summed E-state index contributed by atoms with van der Waals surface area (Å²) in [4.78, 5) is 34.6. The van der Waals surface area contributed by atoms with Crippen molar-refractivity contribution in [1.82, 2.24) is 4.90 Å². The van der Waals surface area contributed by atoms with Crippen molar-refractivity contribution in [3.63, 3.8) is 0 Å². The van der Waals surface area contributed by atoms with E-state index in [9.17, 15) is 4.79 Å². The third kappa shape index (κ3) is 581. The molecular weight excluding hydrogens is 497 g/mol. The van der Waals surface area contributed by atoms with Crippen LogP contribution in [0.1, 0.15) is 6.92 Å². The van der Waals surface area contributed by atoms with Gasteiger partial charge in [0.2, 0.25) is 0 Å². The van der Waals surface area contributed by atoms with Crippen molar-refractivity contribution in [3.05, 3.63) is 28.3 Å². The predicted octanol–water partition coefficient (Wildman–Crippen LogP) is 0.643. The molecule has 0 heterocycles. The molecule has 9 heteroatoms. The van der Waals surface area contributed by atoms with Gasteiger partial charge < -0.3 is 53.1 Å². The molecule has 0 aliphatic heterocycles. The normalized spacial score (nSPS) is 4.14. The topological polar surface area (TPSA) is 116 Å². The molecule has 134 valence electrons. The van der Waals surface area contributed by atoms with Crippen molar-refractivity contribution in [3.8, 4) is 0 Å². The number of nitrogens with zero attached hydrogens (tertiary/aromatic N) is 2. The molecule has 0 spiro atoms. The van der Waals surface area contributed by atoms with Gasteiger partial charge in [0.05, 0.1) is 6.54 Å². The maximum absolute atomic E-state index is 9.77. The minimum absolute atomic E-state index is 0. The number of hydrogen-bond acceptors (Lipinski definition) is 6. The minimum atomic E-state index is -0.787. The molecule has 0 atom stereocenters. The maximum Gasteiger partial charge on any atom is 0.317 e. The second-order valence-corrected chi connectivity index (χ2v) is 1.63. The van der Waals surface area contributed by atoms with Crippen LogP contribution >= 0.6 is 0 Å². The summed E-state index contributed by atoms with van der Waals surface area (Å²) in [7, 11) is 3.43. The standard InChI is InChI=1S/C4H9NO2.C2H5.CN.3CHO.2CH3.Co.Re/c1-5(2)3-4(6)7;5*1-2;;;;/h3H2,1-2H3,(H,6,7);1H2,2H3;;3*1H;2*1H3;;/q;7*-1;;. The zero-order valence-corrected chi connectivity index (χ0v) is 16.6. The minimum Gasteiger partial charge on any atom is -0.545 e. The molecule has 0 bridgehead atoms. The number of carboxylic acid groups (broad SMARTS) is 1. The van der Waals surface area contributed by atoms with Crippen LogP contribution in [0.2, 0.25) is 0 Å². The Balaban J connectivity index is -0.00000000951. The summed E-state index contributed by atoms with van der Waals surface area (Å²) >= 11 is 0. The Bertz CT molecular complexity index is 148. The summed E-state index contributed by atoms with van der Waals surface area (Å²) in [6, 6.07) is 0. The van der Waals surface area contributed by atoms with Crippen LogP contribution in [0.25, 0.3) is 0 Å². The number of carboxylic acids is 1. The van der Waals surface area contributed by atoms with Gasteiger partial charge in [-0.2, -0.15) is 6.92 Å². The summed E-state index contributed by atoms with van der Waals surface area (Å²) in [6.45, 7) is 19.6. The Labute approximate surface area is 153 Å². The van der Waals surface area contributed by atoms with Crippen LogP contribution in [-0.4, -0.2) is 57.0 Å². The van der Waals surface area contributed by atoms with Crippen molar-refractivity contribution in [2.45, 2.75) is 6.92 Å². The first kappa shape index (κ1) is 71.9. The second kappa shape index (κ2) is 168. The number of rotatable bonds is 2. The molecule has 0 amide bonds. The zero-order chi connectivity index (χ0) is 15.9. The summed E-state index contributed by atoms with van der Waals surface area (Å²) in [5.41, 5.74) is 0. The molecule has 2 radical (unpaired) electrons. The zero-order valence-electron chi connectivity index (χ0n) is 12.8. The maximum atomic E-state index is 9.77. The van der Waals surface area contributed by atoms with E-state index in [1.165, 1.54) is 0 Å². The summed E-state index contributed by atoms with van der Waals surface area (Å²) in [5, 5.41) is 14.3. The number of carbonyl (C=O) groups excluding carboxylic acids is 3. The van der Waals surface area contributed by atoms with Gasteiger partial charge in [-0.3, -0.25) is 30.1 Å². The van der Waals surface area contributed by atoms with Crippen LogP contribution in [0, 0.1) is 33.6 Å². The molecule has 0 rings (SSSR count). The van der Waals surface area contributed by atoms with E-state index >= 15 is 0 Å². The van der Waals surface area contributed by atoms with E-state index in [1.807, 2.05) is 0 Å². The van der Waals surface area contributed by atoms with E-state index in [0.717, 1.165) is 0 Å². The Morgan fingerprint density at radius 1 is 1.05 bits per heavy atom. The van der Waals surface area contributed by atoms with Gasteiger partial charge in [0.15, 0.2) is 0 Å². The molecule has 1 N–H and O–H groups in total. The summed E-state index contributed by atoms with van der Waals surface area (Å²) in [6.07, 6.45) is 0. The van der Waals surface area contributed by atoms with Crippen LogP contribution in [0.5, 0.6) is 0 Å². The van der Waals surface area contributed by atoms with Gasteiger partial charge in [0, 0.05) is 37.2 Å². The molecule has 0 saturated heterocycles. The second-order valence-electron chi connectivity index (χ2n) is 1.63. The third-order valence-corrected chi connectivity index (χ3v) is 0.451. The van der Waals surface area contributed by atoms with Crippen molar-refractivity contribution in [2.75, 3.05) is 20.6 Å². The fourth-order valence-corrected chi connectivity index (χ4v) is 0.271. The predicted molar refractivity (Wildman–Crippen MR) is 75.3 cm³/mol. The largest absolute Gasteiger partial charge is 0.545 e. The van der Waals surface area contributed by atoms with Crippen LogP contribution < -0.4 is 0 Å². The van der Waals surface area contributed by atoms with Gasteiger partial charge >= 0.3 is 5.97 Å². The number of hydrogen-bond donors (Lipinski definition) is 1. The number of aliphatic carboxylic acids is 1. The Hall–Kier alpha value is -0.901. The first-order chi connectivity index (χ1) is 8.13. The van der Waals surface area contributed by atoms with E-state index in [4.69, 9.17) is 31.3 Å². The smallest absolute Gasteiger partial charge is 0.317 e. The van der Waals surface area contributed by atoms with Gasteiger partial charge in [0.1, 0.15) is 0 Å². The quantitative estimate of drug-likeness (QED) is 0.420. The van der Waals surface area contributed by atoms with Crippen molar-refractivity contribution < 1.29 is 61.5 Å². The van der Waals surface area contributed by atoms with Gasteiger partial charge in [-0.15, -0.1) is 0 Å². The molecule has 0 aromatic rings. The monoisotopic (exact) mass is 521 g/mol. The van der Waals surface area contributed by atoms with Crippen molar-refractivity contribution >= 4 is 26.3 Å². The molecule has 7 nitrogen and oxygen atoms in total. The number of carbonyl (C=O) groups is 1. The Morgan fingerprint density at radius 3 is 1.19 bits per heavy atom. The summed E-state index contributed by atoms with van der Waals surface area (Å²) in [5.74, 6) is -0.787. The van der Waals surface area contributed by atoms with Crippen LogP contribution in [0.15, 0.2) is 0 Å². The van der Waals surface area contributed by atoms with E-state index in [1.54, 1.807) is 25.9 Å². The van der Waals surface area contributed by atoms with E-state index in [0.29, 0.717) is 0 Å². The molecule has 0 unspecified atom stereocenters. The van der Waals surface area contributed by atoms with E-state index in [2.05, 4.69) is 27.3 Å². The molecule has 0 aliphatic carbocycles. The third-order valence-electron chi connectivity index (χ3n) is 0.451. The molecule has 0 aromatic carbocycles. The Morgan fingerprint density at radius 2 is 1.19 bits per heavy atom. The van der Waals surface area contributed by atoms with Gasteiger partial charge in [-0.1, -0.05) is 0 Å². The van der Waals surface area contributed by atoms with Crippen LogP contribution in [0.3, 0.4) is 0 Å². The van der Waals surface area contributed by atoms with Gasteiger partial charge in [0.25, 0.3) is 0 Å². The first-order valence-corrected chi connectivity index (χ1v) is 3.63. The fraction of sp³-hybridized carbons (Fsp3) is 0.333. The van der Waals surface area contributed by atoms with Crippen LogP contribution in [-0.2, 0) is 56.4 Å². The van der Waals surface area contributed by atoms with E-state index < -0.39 is 5.97 Å². The average molecular weight is 520 g/mol. The van der Waals surface area contributed by atoms with Crippen LogP contribution in [0.4, 0.5) is 0 Å². The SMILES string of the molecule is CN(C)CC(=O)O.[C-]#N.[CH-]=O.[CH-]=O.[CH-]=O.[CH2-]C.[CH3-].[CH3-].[Co].[Re]. The van der Waals surface area contributed by atoms with Crippen molar-refractivity contribution in [2.24, 2.45) is 0 Å². The van der Waals surface area contributed by atoms with E-state index in [-0.39, 0.29) is 58.6 Å². The molecule has 0 saturated carbocycles. The molecular formula is C12H23CoN2O5Re-7. The molecule has 0 aliphatic rings.